The molecule has 1 aromatic carbocycles. The van der Waals surface area contributed by atoms with Gasteiger partial charge in [0.15, 0.2) is 0 Å². The lowest BCUT2D eigenvalue weighted by Gasteiger charge is -2.03. The first-order valence-corrected chi connectivity index (χ1v) is 5.75. The summed E-state index contributed by atoms with van der Waals surface area (Å²) >= 11 is 7.14. The summed E-state index contributed by atoms with van der Waals surface area (Å²) < 4.78 is 12.7. The molecule has 2 aromatic rings. The third-order valence-corrected chi connectivity index (χ3v) is 2.88. The number of carbonyl (C=O) groups is 1. The van der Waals surface area contributed by atoms with Crippen molar-refractivity contribution in [2.24, 2.45) is 0 Å². The predicted octanol–water partition coefficient (Wildman–Crippen LogP) is 2.44. The van der Waals surface area contributed by atoms with E-state index >= 15 is 0 Å². The highest BCUT2D eigenvalue weighted by Crippen LogP contribution is 2.29. The summed E-state index contributed by atoms with van der Waals surface area (Å²) in [4.78, 5) is 10.9. The molecule has 1 N–H and O–H groups in total. The van der Waals surface area contributed by atoms with Crippen molar-refractivity contribution in [3.63, 3.8) is 0 Å². The van der Waals surface area contributed by atoms with E-state index in [1.165, 1.54) is 19.4 Å². The van der Waals surface area contributed by atoms with Gasteiger partial charge in [0, 0.05) is 12.3 Å². The minimum absolute atomic E-state index is 0.447. The fraction of sp³-hybridized carbons (Fsp3) is 0.100. The quantitative estimate of drug-likeness (QED) is 0.685. The molecule has 0 amide bonds. The number of benzene rings is 1. The van der Waals surface area contributed by atoms with E-state index in [0.717, 1.165) is 17.2 Å². The van der Waals surface area contributed by atoms with Gasteiger partial charge in [-0.1, -0.05) is 11.6 Å². The molecule has 5 nitrogen and oxygen atoms in total. The molecule has 0 aliphatic heterocycles. The van der Waals surface area contributed by atoms with Crippen LogP contribution in [-0.2, 0) is 9.53 Å². The minimum Gasteiger partial charge on any atom is -0.466 e. The third kappa shape index (κ3) is 2.54. The molecule has 0 atom stereocenters. The molecule has 1 heterocycles. The van der Waals surface area contributed by atoms with E-state index in [2.05, 4.69) is 18.8 Å². The number of rotatable bonds is 3. The lowest BCUT2D eigenvalue weighted by molar-refractivity contribution is -0.134. The highest BCUT2D eigenvalue weighted by molar-refractivity contribution is 7.00. The highest BCUT2D eigenvalue weighted by Gasteiger charge is 2.08. The number of aromatic nitrogens is 2. The van der Waals surface area contributed by atoms with Gasteiger partial charge in [-0.2, -0.15) is 8.75 Å². The molecule has 0 fully saturated rings. The zero-order valence-corrected chi connectivity index (χ0v) is 10.4. The number of halogens is 1. The Bertz CT molecular complexity index is 582. The lowest BCUT2D eigenvalue weighted by Crippen LogP contribution is -1.97. The monoisotopic (exact) mass is 269 g/mol. The number of hydrogen-bond donors (Lipinski definition) is 1. The van der Waals surface area contributed by atoms with Crippen LogP contribution in [0.15, 0.2) is 24.4 Å². The molecular weight excluding hydrogens is 262 g/mol. The summed E-state index contributed by atoms with van der Waals surface area (Å²) in [6, 6.07) is 3.51. The van der Waals surface area contributed by atoms with Gasteiger partial charge >= 0.3 is 5.97 Å². The number of anilines is 1. The van der Waals surface area contributed by atoms with E-state index in [0.29, 0.717) is 16.2 Å². The largest absolute Gasteiger partial charge is 0.466 e. The topological polar surface area (TPSA) is 64.1 Å². The van der Waals surface area contributed by atoms with Crippen molar-refractivity contribution in [3.8, 4) is 0 Å². The summed E-state index contributed by atoms with van der Waals surface area (Å²) in [7, 11) is 1.31. The maximum Gasteiger partial charge on any atom is 0.331 e. The van der Waals surface area contributed by atoms with E-state index in [9.17, 15) is 4.79 Å². The number of methoxy groups -OCH3 is 1. The number of ether oxygens (including phenoxy) is 1. The first-order valence-electron chi connectivity index (χ1n) is 4.64. The van der Waals surface area contributed by atoms with Crippen LogP contribution in [0.2, 0.25) is 5.02 Å². The van der Waals surface area contributed by atoms with Crippen molar-refractivity contribution in [1.82, 2.24) is 8.75 Å². The van der Waals surface area contributed by atoms with Crippen molar-refractivity contribution in [2.75, 3.05) is 12.4 Å². The van der Waals surface area contributed by atoms with Gasteiger partial charge in [-0.15, -0.1) is 0 Å². The average Bonchev–Trinajstić information content (AvgIpc) is 2.80. The molecule has 0 saturated carbocycles. The first-order chi connectivity index (χ1) is 8.22. The number of nitrogens with zero attached hydrogens (tertiary/aromatic N) is 2. The van der Waals surface area contributed by atoms with Gasteiger partial charge < -0.3 is 10.1 Å². The molecule has 0 spiro atoms. The van der Waals surface area contributed by atoms with Gasteiger partial charge in [-0.25, -0.2) is 4.79 Å². The lowest BCUT2D eigenvalue weighted by atomic mass is 10.2. The maximum absolute atomic E-state index is 10.9. The maximum atomic E-state index is 10.9. The normalized spacial score (nSPS) is 10.9. The van der Waals surface area contributed by atoms with Gasteiger partial charge in [0.2, 0.25) is 0 Å². The zero-order chi connectivity index (χ0) is 12.3. The molecule has 0 saturated heterocycles. The Morgan fingerprint density at radius 1 is 1.53 bits per heavy atom. The van der Waals surface area contributed by atoms with Crippen LogP contribution >= 0.6 is 23.3 Å². The summed E-state index contributed by atoms with van der Waals surface area (Å²) in [5.41, 5.74) is 2.06. The summed E-state index contributed by atoms with van der Waals surface area (Å²) in [6.07, 6.45) is 2.71. The number of carbonyl (C=O) groups excluding carboxylic acids is 1. The molecule has 7 heteroatoms. The molecule has 0 bridgehead atoms. The average molecular weight is 270 g/mol. The smallest absolute Gasteiger partial charge is 0.331 e. The van der Waals surface area contributed by atoms with Crippen LogP contribution in [0, 0.1) is 0 Å². The summed E-state index contributed by atoms with van der Waals surface area (Å²) in [5.74, 6) is -0.447. The standard InChI is InChI=1S/C10H8ClN3O2S/c1-16-8(15)4-5-12-9-6(11)2-3-7-10(9)14-17-13-7/h2-5,12H,1H3/b5-4+. The second-order valence-corrected chi connectivity index (χ2v) is 3.99. The van der Waals surface area contributed by atoms with Gasteiger partial charge in [-0.05, 0) is 12.1 Å². The Hall–Kier alpha value is -1.66. The fourth-order valence-corrected chi connectivity index (χ4v) is 1.97. The van der Waals surface area contributed by atoms with Gasteiger partial charge in [0.05, 0.1) is 29.5 Å². The Balaban J connectivity index is 2.28. The fourth-order valence-electron chi connectivity index (χ4n) is 1.23. The second-order valence-electron chi connectivity index (χ2n) is 3.06. The van der Waals surface area contributed by atoms with Crippen LogP contribution in [0.4, 0.5) is 5.69 Å². The molecular formula is C10H8ClN3O2S. The summed E-state index contributed by atoms with van der Waals surface area (Å²) in [6.45, 7) is 0. The summed E-state index contributed by atoms with van der Waals surface area (Å²) in [5, 5.41) is 3.41. The van der Waals surface area contributed by atoms with Gasteiger partial charge in [0.1, 0.15) is 11.0 Å². The molecule has 88 valence electrons. The first kappa shape index (κ1) is 11.8. The van der Waals surface area contributed by atoms with Crippen LogP contribution in [0.5, 0.6) is 0 Å². The van der Waals surface area contributed by atoms with Crippen LogP contribution < -0.4 is 5.32 Å². The van der Waals surface area contributed by atoms with Gasteiger partial charge in [0.25, 0.3) is 0 Å². The number of hydrogen-bond acceptors (Lipinski definition) is 6. The Morgan fingerprint density at radius 3 is 3.12 bits per heavy atom. The molecule has 17 heavy (non-hydrogen) atoms. The highest BCUT2D eigenvalue weighted by atomic mass is 35.5. The van der Waals surface area contributed by atoms with Crippen molar-refractivity contribution in [2.45, 2.75) is 0 Å². The molecule has 0 unspecified atom stereocenters. The Morgan fingerprint density at radius 2 is 2.35 bits per heavy atom. The number of nitrogens with one attached hydrogen (secondary N) is 1. The van der Waals surface area contributed by atoms with E-state index in [1.807, 2.05) is 0 Å². The Kier molecular flexibility index (Phi) is 3.55. The minimum atomic E-state index is -0.447. The van der Waals surface area contributed by atoms with Crippen LogP contribution in [0.3, 0.4) is 0 Å². The molecule has 2 rings (SSSR count). The molecule has 0 aliphatic carbocycles. The molecule has 0 aliphatic rings. The van der Waals surface area contributed by atoms with E-state index in [-0.39, 0.29) is 0 Å². The van der Waals surface area contributed by atoms with Crippen molar-refractivity contribution in [1.29, 1.82) is 0 Å². The van der Waals surface area contributed by atoms with Crippen LogP contribution in [0.1, 0.15) is 0 Å². The van der Waals surface area contributed by atoms with Crippen LogP contribution in [-0.4, -0.2) is 21.8 Å². The van der Waals surface area contributed by atoms with Crippen molar-refractivity contribution >= 4 is 46.0 Å². The SMILES string of the molecule is COC(=O)/C=C/Nc1c(Cl)ccc2nsnc12. The second kappa shape index (κ2) is 5.11. The van der Waals surface area contributed by atoms with E-state index in [4.69, 9.17) is 11.6 Å². The molecule has 0 radical (unpaired) electrons. The molecule has 1 aromatic heterocycles. The predicted molar refractivity (Wildman–Crippen MR) is 67.2 cm³/mol. The van der Waals surface area contributed by atoms with Crippen LogP contribution in [0.25, 0.3) is 11.0 Å². The third-order valence-electron chi connectivity index (χ3n) is 2.03. The Labute approximate surface area is 106 Å². The number of fused-ring (bicyclic) bond motifs is 1. The van der Waals surface area contributed by atoms with E-state index in [1.54, 1.807) is 12.1 Å². The van der Waals surface area contributed by atoms with Crippen molar-refractivity contribution in [3.05, 3.63) is 29.4 Å². The van der Waals surface area contributed by atoms with Gasteiger partial charge in [-0.3, -0.25) is 0 Å². The van der Waals surface area contributed by atoms with E-state index < -0.39 is 5.97 Å². The number of esters is 1. The zero-order valence-electron chi connectivity index (χ0n) is 8.81. The van der Waals surface area contributed by atoms with Crippen molar-refractivity contribution < 1.29 is 9.53 Å².